The Morgan fingerprint density at radius 3 is 2.67 bits per heavy atom. The van der Waals surface area contributed by atoms with E-state index in [1.165, 1.54) is 12.8 Å². The van der Waals surface area contributed by atoms with E-state index in [4.69, 9.17) is 4.98 Å². The van der Waals surface area contributed by atoms with Crippen LogP contribution in [0.3, 0.4) is 0 Å². The van der Waals surface area contributed by atoms with Crippen molar-refractivity contribution in [2.24, 2.45) is 5.41 Å². The zero-order valence-corrected chi connectivity index (χ0v) is 17.9. The van der Waals surface area contributed by atoms with Gasteiger partial charge in [-0.2, -0.15) is 10.1 Å². The smallest absolute Gasteiger partial charge is 0.245 e. The van der Waals surface area contributed by atoms with E-state index in [0.29, 0.717) is 24.3 Å². The van der Waals surface area contributed by atoms with Crippen LogP contribution in [0.1, 0.15) is 46.1 Å². The summed E-state index contributed by atoms with van der Waals surface area (Å²) in [7, 11) is 0. The van der Waals surface area contributed by atoms with Crippen LogP contribution in [0, 0.1) is 5.41 Å². The van der Waals surface area contributed by atoms with Gasteiger partial charge in [0.2, 0.25) is 11.9 Å². The van der Waals surface area contributed by atoms with E-state index in [1.54, 1.807) is 0 Å². The highest BCUT2D eigenvalue weighted by molar-refractivity contribution is 5.83. The summed E-state index contributed by atoms with van der Waals surface area (Å²) in [6.45, 7) is 9.46. The van der Waals surface area contributed by atoms with Crippen LogP contribution in [-0.4, -0.2) is 61.9 Å². The van der Waals surface area contributed by atoms with Crippen LogP contribution < -0.4 is 4.90 Å². The molecule has 1 N–H and O–H groups in total. The molecule has 1 aromatic carbocycles. The number of fused-ring (bicyclic) bond motifs is 1. The molecule has 0 atom stereocenters. The number of H-pyrrole nitrogens is 1. The lowest BCUT2D eigenvalue weighted by molar-refractivity contribution is -0.132. The zero-order chi connectivity index (χ0) is 20.9. The van der Waals surface area contributed by atoms with Crippen LogP contribution in [0.5, 0.6) is 0 Å². The van der Waals surface area contributed by atoms with Gasteiger partial charge in [-0.05, 0) is 38.2 Å². The number of hydrogen-bond acceptors (Lipinski definition) is 5. The van der Waals surface area contributed by atoms with E-state index in [9.17, 15) is 4.79 Å². The summed E-state index contributed by atoms with van der Waals surface area (Å²) >= 11 is 0. The maximum Gasteiger partial charge on any atom is 0.245 e. The molecule has 2 aromatic heterocycles. The van der Waals surface area contributed by atoms with E-state index >= 15 is 0 Å². The lowest BCUT2D eigenvalue weighted by Crippen LogP contribution is -2.49. The Hall–Kier alpha value is -2.90. The highest BCUT2D eigenvalue weighted by atomic mass is 16.2. The number of rotatable bonds is 5. The van der Waals surface area contributed by atoms with E-state index in [0.717, 1.165) is 48.5 Å². The largest absolute Gasteiger partial charge is 0.339 e. The molecular formula is C22H29N7O. The van der Waals surface area contributed by atoms with E-state index < -0.39 is 0 Å². The van der Waals surface area contributed by atoms with Gasteiger partial charge in [0.15, 0.2) is 5.82 Å². The Morgan fingerprint density at radius 2 is 1.97 bits per heavy atom. The second-order valence-electron chi connectivity index (χ2n) is 9.30. The van der Waals surface area contributed by atoms with Crippen LogP contribution in [0.25, 0.3) is 22.3 Å². The van der Waals surface area contributed by atoms with Crippen molar-refractivity contribution in [1.29, 1.82) is 0 Å². The first-order valence-corrected chi connectivity index (χ1v) is 10.8. The predicted molar refractivity (Wildman–Crippen MR) is 116 cm³/mol. The average molecular weight is 408 g/mol. The Labute approximate surface area is 176 Å². The van der Waals surface area contributed by atoms with Gasteiger partial charge < -0.3 is 9.80 Å². The lowest BCUT2D eigenvalue weighted by atomic mass is 10.0. The number of aromatic nitrogens is 5. The fourth-order valence-corrected chi connectivity index (χ4v) is 4.14. The molecule has 158 valence electrons. The number of piperazine rings is 1. The first kappa shape index (κ1) is 19.1. The summed E-state index contributed by atoms with van der Waals surface area (Å²) in [5.74, 6) is 1.74. The van der Waals surface area contributed by atoms with Crippen LogP contribution in [0.15, 0.2) is 24.4 Å². The molecule has 8 nitrogen and oxygen atoms in total. The number of amides is 1. The van der Waals surface area contributed by atoms with Gasteiger partial charge >= 0.3 is 0 Å². The zero-order valence-electron chi connectivity index (χ0n) is 17.9. The van der Waals surface area contributed by atoms with Gasteiger partial charge in [0.25, 0.3) is 0 Å². The normalized spacial score (nSPS) is 18.4. The van der Waals surface area contributed by atoms with Crippen molar-refractivity contribution in [3.63, 3.8) is 0 Å². The summed E-state index contributed by atoms with van der Waals surface area (Å²) in [4.78, 5) is 21.4. The maximum absolute atomic E-state index is 12.5. The molecule has 0 unspecified atom stereocenters. The summed E-state index contributed by atoms with van der Waals surface area (Å²) in [6.07, 6.45) is 4.95. The van der Waals surface area contributed by atoms with E-state index in [-0.39, 0.29) is 5.41 Å². The van der Waals surface area contributed by atoms with Crippen LogP contribution in [0.2, 0.25) is 0 Å². The molecule has 5 rings (SSSR count). The molecule has 2 fully saturated rings. The molecule has 1 aliphatic heterocycles. The SMILES string of the molecule is CC(C)n1ncc2ccc(-c3nc(N4CCN(C(=O)CC5(C)CC5)CC4)n[nH]3)cc21. The second-order valence-corrected chi connectivity index (χ2v) is 9.30. The Kier molecular flexibility index (Phi) is 4.52. The quantitative estimate of drug-likeness (QED) is 0.702. The number of nitrogens with zero attached hydrogens (tertiary/aromatic N) is 6. The van der Waals surface area contributed by atoms with Crippen molar-refractivity contribution < 1.29 is 4.79 Å². The predicted octanol–water partition coefficient (Wildman–Crippen LogP) is 3.24. The molecule has 8 heteroatoms. The molecule has 3 aromatic rings. The molecule has 1 amide bonds. The van der Waals surface area contributed by atoms with Crippen molar-refractivity contribution in [3.05, 3.63) is 24.4 Å². The summed E-state index contributed by atoms with van der Waals surface area (Å²) in [5, 5.41) is 13.1. The number of anilines is 1. The molecule has 2 aliphatic rings. The van der Waals surface area contributed by atoms with Crippen LogP contribution in [0.4, 0.5) is 5.95 Å². The number of carbonyl (C=O) groups excluding carboxylic acids is 1. The fourth-order valence-electron chi connectivity index (χ4n) is 4.14. The minimum absolute atomic E-state index is 0.263. The molecule has 1 saturated heterocycles. The van der Waals surface area contributed by atoms with Gasteiger partial charge in [-0.3, -0.25) is 14.6 Å². The molecule has 0 radical (unpaired) electrons. The minimum atomic E-state index is 0.263. The Balaban J connectivity index is 1.27. The number of benzene rings is 1. The first-order valence-electron chi connectivity index (χ1n) is 10.8. The van der Waals surface area contributed by atoms with Crippen molar-refractivity contribution in [2.75, 3.05) is 31.1 Å². The Bertz CT molecular complexity index is 1070. The summed E-state index contributed by atoms with van der Waals surface area (Å²) in [6, 6.07) is 6.53. The molecular weight excluding hydrogens is 378 g/mol. The van der Waals surface area contributed by atoms with E-state index in [1.807, 2.05) is 21.8 Å². The van der Waals surface area contributed by atoms with Crippen LogP contribution >= 0.6 is 0 Å². The summed E-state index contributed by atoms with van der Waals surface area (Å²) < 4.78 is 2.02. The van der Waals surface area contributed by atoms with Crippen molar-refractivity contribution in [1.82, 2.24) is 29.9 Å². The van der Waals surface area contributed by atoms with Crippen molar-refractivity contribution >= 4 is 22.8 Å². The average Bonchev–Trinajstić information content (AvgIpc) is 3.14. The first-order chi connectivity index (χ1) is 14.4. The van der Waals surface area contributed by atoms with E-state index in [2.05, 4.69) is 53.1 Å². The number of aromatic amines is 1. The van der Waals surface area contributed by atoms with Gasteiger partial charge in [0, 0.05) is 49.6 Å². The number of carbonyl (C=O) groups is 1. The highest BCUT2D eigenvalue weighted by Gasteiger charge is 2.40. The second kappa shape index (κ2) is 7.11. The fraction of sp³-hybridized carbons (Fsp3) is 0.545. The molecule has 1 saturated carbocycles. The number of hydrogen-bond donors (Lipinski definition) is 1. The maximum atomic E-state index is 12.5. The lowest BCUT2D eigenvalue weighted by Gasteiger charge is -2.34. The van der Waals surface area contributed by atoms with Gasteiger partial charge in [-0.25, -0.2) is 0 Å². The van der Waals surface area contributed by atoms with Gasteiger partial charge in [0.05, 0.1) is 11.7 Å². The Morgan fingerprint density at radius 1 is 1.20 bits per heavy atom. The highest BCUT2D eigenvalue weighted by Crippen LogP contribution is 2.48. The minimum Gasteiger partial charge on any atom is -0.339 e. The third kappa shape index (κ3) is 3.55. The van der Waals surface area contributed by atoms with Crippen LogP contribution in [-0.2, 0) is 4.79 Å². The molecule has 0 spiro atoms. The third-order valence-corrected chi connectivity index (χ3v) is 6.43. The topological polar surface area (TPSA) is 82.9 Å². The molecule has 0 bridgehead atoms. The standard InChI is InChI=1S/C22H29N7O/c1-15(2)29-18-12-16(4-5-17(18)14-23-29)20-24-21(26-25-20)28-10-8-27(9-11-28)19(30)13-22(3)6-7-22/h4-5,12,14-15H,6-11,13H2,1-3H3,(H,24,25,26). The monoisotopic (exact) mass is 407 g/mol. The van der Waals surface area contributed by atoms with Crippen molar-refractivity contribution in [2.45, 2.75) is 46.1 Å². The molecule has 30 heavy (non-hydrogen) atoms. The van der Waals surface area contributed by atoms with Gasteiger partial charge in [-0.15, -0.1) is 5.10 Å². The third-order valence-electron chi connectivity index (χ3n) is 6.43. The number of nitrogens with one attached hydrogen (secondary N) is 1. The summed E-state index contributed by atoms with van der Waals surface area (Å²) in [5.41, 5.74) is 2.35. The molecule has 1 aliphatic carbocycles. The van der Waals surface area contributed by atoms with Gasteiger partial charge in [-0.1, -0.05) is 19.1 Å². The van der Waals surface area contributed by atoms with Crippen molar-refractivity contribution in [3.8, 4) is 11.4 Å². The molecule has 3 heterocycles. The van der Waals surface area contributed by atoms with Gasteiger partial charge in [0.1, 0.15) is 0 Å².